The molecule has 4 rings (SSSR count). The van der Waals surface area contributed by atoms with Gasteiger partial charge >= 0.3 is 0 Å². The lowest BCUT2D eigenvalue weighted by molar-refractivity contribution is -0.131. The van der Waals surface area contributed by atoms with Gasteiger partial charge in [0.25, 0.3) is 0 Å². The Morgan fingerprint density at radius 3 is 2.85 bits per heavy atom. The summed E-state index contributed by atoms with van der Waals surface area (Å²) >= 11 is 0. The van der Waals surface area contributed by atoms with Crippen LogP contribution in [0.2, 0.25) is 0 Å². The number of rotatable bonds is 4. The van der Waals surface area contributed by atoms with E-state index in [-0.39, 0.29) is 12.3 Å². The maximum absolute atomic E-state index is 12.7. The zero-order valence-electron chi connectivity index (χ0n) is 15.0. The highest BCUT2D eigenvalue weighted by Crippen LogP contribution is 2.26. The van der Waals surface area contributed by atoms with Gasteiger partial charge in [0.2, 0.25) is 5.91 Å². The van der Waals surface area contributed by atoms with Crippen molar-refractivity contribution in [3.8, 4) is 5.75 Å². The second kappa shape index (κ2) is 6.82. The average Bonchev–Trinajstić information content (AvgIpc) is 3.28. The fourth-order valence-electron chi connectivity index (χ4n) is 3.49. The average molecular weight is 354 g/mol. The molecule has 1 aromatic carbocycles. The van der Waals surface area contributed by atoms with Crippen LogP contribution in [0.5, 0.6) is 5.75 Å². The quantitative estimate of drug-likeness (QED) is 0.720. The van der Waals surface area contributed by atoms with Crippen molar-refractivity contribution in [2.45, 2.75) is 32.2 Å². The van der Waals surface area contributed by atoms with Crippen LogP contribution in [0.1, 0.15) is 30.1 Å². The Kier molecular flexibility index (Phi) is 4.36. The third kappa shape index (κ3) is 3.16. The first-order valence-electron chi connectivity index (χ1n) is 8.85. The summed E-state index contributed by atoms with van der Waals surface area (Å²) in [5, 5.41) is 9.31. The molecule has 2 aromatic heterocycles. The normalized spacial score (nSPS) is 15.5. The maximum atomic E-state index is 12.7. The smallest absolute Gasteiger partial charge is 0.228 e. The molecule has 0 aliphatic carbocycles. The Morgan fingerprint density at radius 1 is 1.35 bits per heavy atom. The first kappa shape index (κ1) is 16.6. The zero-order valence-corrected chi connectivity index (χ0v) is 15.0. The van der Waals surface area contributed by atoms with Gasteiger partial charge < -0.3 is 14.2 Å². The Balaban J connectivity index is 1.41. The van der Waals surface area contributed by atoms with Gasteiger partial charge in [-0.1, -0.05) is 5.16 Å². The van der Waals surface area contributed by atoms with Crippen LogP contribution in [0.15, 0.2) is 35.1 Å². The van der Waals surface area contributed by atoms with E-state index in [1.807, 2.05) is 40.9 Å². The second-order valence-corrected chi connectivity index (χ2v) is 6.78. The summed E-state index contributed by atoms with van der Waals surface area (Å²) in [4.78, 5) is 14.6. The third-order valence-corrected chi connectivity index (χ3v) is 4.99. The molecule has 0 bridgehead atoms. The number of aromatic nitrogens is 3. The lowest BCUT2D eigenvalue weighted by Gasteiger charge is -2.32. The minimum atomic E-state index is 0.0816. The van der Waals surface area contributed by atoms with Crippen LogP contribution in [0.3, 0.4) is 0 Å². The van der Waals surface area contributed by atoms with Gasteiger partial charge in [-0.05, 0) is 43.5 Å². The monoisotopic (exact) mass is 354 g/mol. The van der Waals surface area contributed by atoms with Crippen molar-refractivity contribution < 1.29 is 14.1 Å². The van der Waals surface area contributed by atoms with Crippen molar-refractivity contribution in [2.24, 2.45) is 0 Å². The number of benzene rings is 1. The highest BCUT2D eigenvalue weighted by molar-refractivity contribution is 5.87. The Morgan fingerprint density at radius 2 is 2.15 bits per heavy atom. The standard InChI is InChI=1S/C19H22N4O3/c1-13-11-20-23(12-13)14-5-7-22(8-6-14)19(24)10-17-16-9-15(25-2)3-4-18(16)26-21-17/h3-4,9,11-12,14H,5-8,10H2,1-2H3. The number of hydrogen-bond donors (Lipinski definition) is 0. The summed E-state index contributed by atoms with van der Waals surface area (Å²) in [5.74, 6) is 0.808. The number of carbonyl (C=O) groups is 1. The Labute approximate surface area is 151 Å². The molecule has 1 aliphatic heterocycles. The topological polar surface area (TPSA) is 73.4 Å². The van der Waals surface area contributed by atoms with E-state index >= 15 is 0 Å². The SMILES string of the molecule is COc1ccc2onc(CC(=O)N3CCC(n4cc(C)cn4)CC3)c2c1. The number of fused-ring (bicyclic) bond motifs is 1. The Hall–Kier alpha value is -2.83. The van der Waals surface area contributed by atoms with Crippen LogP contribution in [0.4, 0.5) is 0 Å². The lowest BCUT2D eigenvalue weighted by Crippen LogP contribution is -2.40. The minimum Gasteiger partial charge on any atom is -0.497 e. The molecule has 1 fully saturated rings. The molecule has 0 N–H and O–H groups in total. The number of piperidine rings is 1. The number of nitrogens with zero attached hydrogens (tertiary/aromatic N) is 4. The van der Waals surface area contributed by atoms with Gasteiger partial charge in [0.1, 0.15) is 11.4 Å². The summed E-state index contributed by atoms with van der Waals surface area (Å²) in [6.45, 7) is 3.52. The Bertz CT molecular complexity index is 922. The fourth-order valence-corrected chi connectivity index (χ4v) is 3.49. The van der Waals surface area contributed by atoms with E-state index < -0.39 is 0 Å². The van der Waals surface area contributed by atoms with Gasteiger partial charge in [-0.2, -0.15) is 5.10 Å². The van der Waals surface area contributed by atoms with Crippen LogP contribution >= 0.6 is 0 Å². The van der Waals surface area contributed by atoms with E-state index in [0.29, 0.717) is 17.3 Å². The number of carbonyl (C=O) groups excluding carboxylic acids is 1. The largest absolute Gasteiger partial charge is 0.497 e. The van der Waals surface area contributed by atoms with E-state index in [4.69, 9.17) is 9.26 Å². The highest BCUT2D eigenvalue weighted by atomic mass is 16.5. The van der Waals surface area contributed by atoms with E-state index in [1.165, 1.54) is 0 Å². The van der Waals surface area contributed by atoms with E-state index in [2.05, 4.69) is 16.5 Å². The van der Waals surface area contributed by atoms with E-state index in [1.54, 1.807) is 7.11 Å². The highest BCUT2D eigenvalue weighted by Gasteiger charge is 2.25. The van der Waals surface area contributed by atoms with Gasteiger partial charge in [-0.25, -0.2) is 0 Å². The van der Waals surface area contributed by atoms with Gasteiger partial charge in [0, 0.05) is 24.7 Å². The van der Waals surface area contributed by atoms with Gasteiger partial charge in [0.15, 0.2) is 5.58 Å². The predicted molar refractivity (Wildman–Crippen MR) is 96.1 cm³/mol. The molecule has 0 saturated carbocycles. The molecule has 0 unspecified atom stereocenters. The lowest BCUT2D eigenvalue weighted by atomic mass is 10.0. The van der Waals surface area contributed by atoms with Crippen LogP contribution < -0.4 is 4.74 Å². The molecule has 3 aromatic rings. The maximum Gasteiger partial charge on any atom is 0.228 e. The van der Waals surface area contributed by atoms with Crippen molar-refractivity contribution in [1.29, 1.82) is 0 Å². The summed E-state index contributed by atoms with van der Waals surface area (Å²) in [5.41, 5.74) is 2.49. The number of ether oxygens (including phenoxy) is 1. The molecule has 3 heterocycles. The summed E-state index contributed by atoms with van der Waals surface area (Å²) in [6, 6.07) is 5.86. The molecular weight excluding hydrogens is 332 g/mol. The van der Waals surface area contributed by atoms with E-state index in [0.717, 1.165) is 42.6 Å². The zero-order chi connectivity index (χ0) is 18.1. The van der Waals surface area contributed by atoms with E-state index in [9.17, 15) is 4.79 Å². The van der Waals surface area contributed by atoms with Crippen molar-refractivity contribution in [3.05, 3.63) is 41.9 Å². The molecule has 0 radical (unpaired) electrons. The van der Waals surface area contributed by atoms with Crippen LogP contribution in [-0.2, 0) is 11.2 Å². The van der Waals surface area contributed by atoms with Crippen molar-refractivity contribution in [2.75, 3.05) is 20.2 Å². The van der Waals surface area contributed by atoms with Gasteiger partial charge in [0.05, 0.1) is 25.8 Å². The molecule has 1 amide bonds. The molecule has 136 valence electrons. The van der Waals surface area contributed by atoms with Crippen molar-refractivity contribution in [3.63, 3.8) is 0 Å². The molecule has 7 heteroatoms. The fraction of sp³-hybridized carbons (Fsp3) is 0.421. The van der Waals surface area contributed by atoms with Crippen LogP contribution in [-0.4, -0.2) is 45.9 Å². The molecule has 7 nitrogen and oxygen atoms in total. The predicted octanol–water partition coefficient (Wildman–Crippen LogP) is 2.75. The summed E-state index contributed by atoms with van der Waals surface area (Å²) in [7, 11) is 1.62. The van der Waals surface area contributed by atoms with Gasteiger partial charge in [-0.3, -0.25) is 9.48 Å². The van der Waals surface area contributed by atoms with Crippen LogP contribution in [0, 0.1) is 6.92 Å². The summed E-state index contributed by atoms with van der Waals surface area (Å²) < 4.78 is 12.6. The first-order valence-corrected chi connectivity index (χ1v) is 8.85. The molecular formula is C19H22N4O3. The molecule has 1 saturated heterocycles. The van der Waals surface area contributed by atoms with Crippen molar-refractivity contribution in [1.82, 2.24) is 19.8 Å². The minimum absolute atomic E-state index is 0.0816. The number of amides is 1. The molecule has 0 spiro atoms. The van der Waals surface area contributed by atoms with Crippen LogP contribution in [0.25, 0.3) is 11.0 Å². The number of hydrogen-bond acceptors (Lipinski definition) is 5. The first-order chi connectivity index (χ1) is 12.6. The van der Waals surface area contributed by atoms with Crippen molar-refractivity contribution >= 4 is 16.9 Å². The molecule has 0 atom stereocenters. The second-order valence-electron chi connectivity index (χ2n) is 6.78. The third-order valence-electron chi connectivity index (χ3n) is 4.99. The number of likely N-dealkylation sites (tertiary alicyclic amines) is 1. The molecule has 1 aliphatic rings. The molecule has 26 heavy (non-hydrogen) atoms. The number of aryl methyl sites for hydroxylation is 1. The summed E-state index contributed by atoms with van der Waals surface area (Å²) in [6.07, 6.45) is 6.02. The van der Waals surface area contributed by atoms with Gasteiger partial charge in [-0.15, -0.1) is 0 Å². The number of methoxy groups -OCH3 is 1.